The molecular weight excluding hydrogens is 284 g/mol. The van der Waals surface area contributed by atoms with Crippen molar-refractivity contribution in [3.63, 3.8) is 0 Å². The van der Waals surface area contributed by atoms with E-state index in [1.54, 1.807) is 11.8 Å². The second-order valence-electron chi connectivity index (χ2n) is 4.79. The van der Waals surface area contributed by atoms with Crippen molar-refractivity contribution in [2.45, 2.75) is 31.5 Å². The summed E-state index contributed by atoms with van der Waals surface area (Å²) in [5, 5.41) is 0.699. The average Bonchev–Trinajstić information content (AvgIpc) is 2.46. The van der Waals surface area contributed by atoms with Crippen molar-refractivity contribution < 1.29 is 4.74 Å². The SMILES string of the molecule is Cc1cc(=O)[nH]c(SCCCCOCc2ccccc2)n1. The predicted molar refractivity (Wildman–Crippen MR) is 85.7 cm³/mol. The molecule has 112 valence electrons. The molecule has 1 aromatic carbocycles. The van der Waals surface area contributed by atoms with Crippen LogP contribution in [0.25, 0.3) is 0 Å². The van der Waals surface area contributed by atoms with Crippen LogP contribution in [0.3, 0.4) is 0 Å². The number of aryl methyl sites for hydroxylation is 1. The van der Waals surface area contributed by atoms with Gasteiger partial charge in [-0.05, 0) is 25.3 Å². The molecule has 0 fully saturated rings. The number of unbranched alkanes of at least 4 members (excludes halogenated alkanes) is 1. The summed E-state index contributed by atoms with van der Waals surface area (Å²) in [6.07, 6.45) is 2.05. The summed E-state index contributed by atoms with van der Waals surface area (Å²) < 4.78 is 5.63. The van der Waals surface area contributed by atoms with Crippen molar-refractivity contribution in [2.75, 3.05) is 12.4 Å². The van der Waals surface area contributed by atoms with Crippen molar-refractivity contribution in [1.29, 1.82) is 0 Å². The Labute approximate surface area is 129 Å². The molecular formula is C16H20N2O2S. The molecule has 0 radical (unpaired) electrons. The number of aromatic amines is 1. The molecule has 2 rings (SSSR count). The molecule has 0 atom stereocenters. The van der Waals surface area contributed by atoms with Crippen LogP contribution in [0, 0.1) is 6.92 Å². The zero-order chi connectivity index (χ0) is 14.9. The van der Waals surface area contributed by atoms with Crippen molar-refractivity contribution >= 4 is 11.8 Å². The van der Waals surface area contributed by atoms with E-state index in [1.165, 1.54) is 11.6 Å². The first-order valence-electron chi connectivity index (χ1n) is 7.06. The summed E-state index contributed by atoms with van der Waals surface area (Å²) in [5.41, 5.74) is 1.87. The molecule has 0 unspecified atom stereocenters. The monoisotopic (exact) mass is 304 g/mol. The fourth-order valence-corrected chi connectivity index (χ4v) is 2.78. The minimum Gasteiger partial charge on any atom is -0.377 e. The van der Waals surface area contributed by atoms with Crippen LogP contribution in [0.15, 0.2) is 46.3 Å². The molecule has 0 saturated heterocycles. The molecule has 1 heterocycles. The van der Waals surface area contributed by atoms with Crippen LogP contribution in [0.1, 0.15) is 24.1 Å². The highest BCUT2D eigenvalue weighted by molar-refractivity contribution is 7.99. The summed E-state index contributed by atoms with van der Waals surface area (Å²) in [7, 11) is 0. The Kier molecular flexibility index (Phi) is 6.50. The lowest BCUT2D eigenvalue weighted by molar-refractivity contribution is 0.118. The quantitative estimate of drug-likeness (QED) is 0.462. The highest BCUT2D eigenvalue weighted by Crippen LogP contribution is 2.13. The van der Waals surface area contributed by atoms with Gasteiger partial charge in [0.05, 0.1) is 6.61 Å². The number of aromatic nitrogens is 2. The van der Waals surface area contributed by atoms with Crippen LogP contribution in [0.4, 0.5) is 0 Å². The third-order valence-corrected chi connectivity index (χ3v) is 3.84. The van der Waals surface area contributed by atoms with Crippen LogP contribution in [-0.4, -0.2) is 22.3 Å². The number of hydrogen-bond acceptors (Lipinski definition) is 4. The summed E-state index contributed by atoms with van der Waals surface area (Å²) in [6.45, 7) is 3.25. The molecule has 0 spiro atoms. The van der Waals surface area contributed by atoms with Gasteiger partial charge in [-0.15, -0.1) is 0 Å². The van der Waals surface area contributed by atoms with Crippen LogP contribution < -0.4 is 5.56 Å². The lowest BCUT2D eigenvalue weighted by Gasteiger charge is -2.04. The fourth-order valence-electron chi connectivity index (χ4n) is 1.86. The highest BCUT2D eigenvalue weighted by atomic mass is 32.2. The Balaban J connectivity index is 1.57. The molecule has 5 heteroatoms. The van der Waals surface area contributed by atoms with Gasteiger partial charge in [0.25, 0.3) is 5.56 Å². The Morgan fingerprint density at radius 1 is 1.24 bits per heavy atom. The van der Waals surface area contributed by atoms with E-state index in [0.29, 0.717) is 11.8 Å². The minimum absolute atomic E-state index is 0.0869. The maximum absolute atomic E-state index is 11.3. The normalized spacial score (nSPS) is 10.7. The molecule has 0 aliphatic heterocycles. The van der Waals surface area contributed by atoms with Crippen molar-refractivity contribution in [2.24, 2.45) is 0 Å². The van der Waals surface area contributed by atoms with E-state index in [2.05, 4.69) is 22.1 Å². The molecule has 0 bridgehead atoms. The van der Waals surface area contributed by atoms with Crippen molar-refractivity contribution in [3.05, 3.63) is 58.0 Å². The van der Waals surface area contributed by atoms with Crippen LogP contribution in [-0.2, 0) is 11.3 Å². The van der Waals surface area contributed by atoms with E-state index in [-0.39, 0.29) is 5.56 Å². The summed E-state index contributed by atoms with van der Waals surface area (Å²) in [5.74, 6) is 0.932. The van der Waals surface area contributed by atoms with Gasteiger partial charge in [0.1, 0.15) is 0 Å². The second kappa shape index (κ2) is 8.64. The van der Waals surface area contributed by atoms with E-state index >= 15 is 0 Å². The molecule has 21 heavy (non-hydrogen) atoms. The summed E-state index contributed by atoms with van der Waals surface area (Å²) in [4.78, 5) is 18.3. The lowest BCUT2D eigenvalue weighted by Crippen LogP contribution is -2.08. The van der Waals surface area contributed by atoms with E-state index < -0.39 is 0 Å². The first-order chi connectivity index (χ1) is 10.2. The molecule has 0 amide bonds. The first kappa shape index (κ1) is 15.8. The maximum atomic E-state index is 11.3. The topological polar surface area (TPSA) is 55.0 Å². The Morgan fingerprint density at radius 2 is 2.05 bits per heavy atom. The maximum Gasteiger partial charge on any atom is 0.251 e. The number of hydrogen-bond donors (Lipinski definition) is 1. The standard InChI is InChI=1S/C16H20N2O2S/c1-13-11-15(19)18-16(17-13)21-10-6-5-9-20-12-14-7-3-2-4-8-14/h2-4,7-8,11H,5-6,9-10,12H2,1H3,(H,17,18,19). The summed E-state index contributed by atoms with van der Waals surface area (Å²) in [6, 6.07) is 11.7. The van der Waals surface area contributed by atoms with E-state index in [4.69, 9.17) is 4.74 Å². The smallest absolute Gasteiger partial charge is 0.251 e. The fraction of sp³-hybridized carbons (Fsp3) is 0.375. The largest absolute Gasteiger partial charge is 0.377 e. The molecule has 1 aromatic heterocycles. The number of nitrogens with zero attached hydrogens (tertiary/aromatic N) is 1. The van der Waals surface area contributed by atoms with Crippen molar-refractivity contribution in [1.82, 2.24) is 9.97 Å². The minimum atomic E-state index is -0.0869. The zero-order valence-corrected chi connectivity index (χ0v) is 13.0. The van der Waals surface area contributed by atoms with Gasteiger partial charge in [-0.2, -0.15) is 0 Å². The second-order valence-corrected chi connectivity index (χ2v) is 5.87. The van der Waals surface area contributed by atoms with Crippen LogP contribution in [0.2, 0.25) is 0 Å². The Bertz CT molecular complexity index is 599. The van der Waals surface area contributed by atoms with Gasteiger partial charge in [-0.25, -0.2) is 4.98 Å². The number of H-pyrrole nitrogens is 1. The van der Waals surface area contributed by atoms with E-state index in [9.17, 15) is 4.79 Å². The molecule has 4 nitrogen and oxygen atoms in total. The third kappa shape index (κ3) is 6.14. The number of thioether (sulfide) groups is 1. The molecule has 1 N–H and O–H groups in total. The van der Waals surface area contributed by atoms with Gasteiger partial charge < -0.3 is 9.72 Å². The first-order valence-corrected chi connectivity index (χ1v) is 8.05. The lowest BCUT2D eigenvalue weighted by atomic mass is 10.2. The number of rotatable bonds is 8. The van der Waals surface area contributed by atoms with Gasteiger partial charge in [-0.1, -0.05) is 42.1 Å². The van der Waals surface area contributed by atoms with Crippen LogP contribution in [0.5, 0.6) is 0 Å². The molecule has 0 aliphatic rings. The van der Waals surface area contributed by atoms with Crippen LogP contribution >= 0.6 is 11.8 Å². The van der Waals surface area contributed by atoms with Gasteiger partial charge >= 0.3 is 0 Å². The predicted octanol–water partition coefficient (Wildman–Crippen LogP) is 3.17. The molecule has 0 saturated carbocycles. The highest BCUT2D eigenvalue weighted by Gasteiger charge is 1.99. The van der Waals surface area contributed by atoms with E-state index in [0.717, 1.165) is 30.9 Å². The van der Waals surface area contributed by atoms with Crippen molar-refractivity contribution in [3.8, 4) is 0 Å². The Morgan fingerprint density at radius 3 is 2.81 bits per heavy atom. The van der Waals surface area contributed by atoms with Gasteiger partial charge in [-0.3, -0.25) is 4.79 Å². The molecule has 0 aliphatic carbocycles. The Hall–Kier alpha value is -1.59. The van der Waals surface area contributed by atoms with Gasteiger partial charge in [0.2, 0.25) is 0 Å². The average molecular weight is 304 g/mol. The molecule has 2 aromatic rings. The third-order valence-electron chi connectivity index (χ3n) is 2.88. The van der Waals surface area contributed by atoms with E-state index in [1.807, 2.05) is 25.1 Å². The summed E-state index contributed by atoms with van der Waals surface area (Å²) >= 11 is 1.58. The number of nitrogens with one attached hydrogen (secondary N) is 1. The zero-order valence-electron chi connectivity index (χ0n) is 12.2. The van der Waals surface area contributed by atoms with Gasteiger partial charge in [0.15, 0.2) is 5.16 Å². The van der Waals surface area contributed by atoms with Gasteiger partial charge in [0, 0.05) is 24.1 Å². The number of benzene rings is 1. The number of ether oxygens (including phenoxy) is 1.